The second kappa shape index (κ2) is 5.74. The fourth-order valence-corrected chi connectivity index (χ4v) is 2.53. The molecule has 2 rings (SSSR count). The Morgan fingerprint density at radius 3 is 2.44 bits per heavy atom. The summed E-state index contributed by atoms with van der Waals surface area (Å²) in [6.45, 7) is 0. The maximum Gasteiger partial charge on any atom is 1.00 e. The Labute approximate surface area is 119 Å². The van der Waals surface area contributed by atoms with Crippen molar-refractivity contribution < 1.29 is 38.0 Å². The van der Waals surface area contributed by atoms with Crippen LogP contribution in [0.5, 0.6) is 0 Å². The third-order valence-electron chi connectivity index (χ3n) is 1.59. The standard InChI is InChI=1S/C8H6N3O2S2.Na/c12-15(13,7-4-2-1-3-5-7)11-8-9-6-10-14-8;/h1-6H;/q-1;+1. The summed E-state index contributed by atoms with van der Waals surface area (Å²) in [5.74, 6) is 0. The van der Waals surface area contributed by atoms with Gasteiger partial charge in [0.05, 0.1) is 4.90 Å². The molecule has 0 aliphatic heterocycles. The molecule has 8 heteroatoms. The number of aromatic nitrogens is 2. The Kier molecular flexibility index (Phi) is 4.88. The van der Waals surface area contributed by atoms with Crippen LogP contribution in [0.15, 0.2) is 41.6 Å². The predicted octanol–water partition coefficient (Wildman–Crippen LogP) is -1.06. The number of nitrogens with zero attached hydrogens (tertiary/aromatic N) is 3. The summed E-state index contributed by atoms with van der Waals surface area (Å²) in [5, 5.41) is 0.138. The molecule has 1 aromatic heterocycles. The largest absolute Gasteiger partial charge is 1.00 e. The second-order valence-electron chi connectivity index (χ2n) is 2.60. The molecule has 5 nitrogen and oxygen atoms in total. The van der Waals surface area contributed by atoms with Crippen molar-refractivity contribution in [3.8, 4) is 0 Å². The zero-order valence-electron chi connectivity index (χ0n) is 8.44. The number of rotatable bonds is 3. The zero-order chi connectivity index (χ0) is 10.7. The molecule has 1 aromatic carbocycles. The van der Waals surface area contributed by atoms with Gasteiger partial charge in [0, 0.05) is 11.5 Å². The first-order chi connectivity index (χ1) is 7.18. The Morgan fingerprint density at radius 2 is 1.88 bits per heavy atom. The van der Waals surface area contributed by atoms with Crippen molar-refractivity contribution >= 4 is 26.7 Å². The number of hydrogen-bond acceptors (Lipinski definition) is 5. The van der Waals surface area contributed by atoms with Crippen LogP contribution < -0.4 is 29.6 Å². The first-order valence-electron chi connectivity index (χ1n) is 3.98. The molecule has 0 amide bonds. The van der Waals surface area contributed by atoms with Crippen LogP contribution in [0, 0.1) is 0 Å². The second-order valence-corrected chi connectivity index (χ2v) is 4.97. The SMILES string of the molecule is O=S(=O)([N-]c1ncns1)c1ccccc1.[Na+]. The number of hydrogen-bond donors (Lipinski definition) is 0. The first-order valence-corrected chi connectivity index (χ1v) is 6.19. The summed E-state index contributed by atoms with van der Waals surface area (Å²) >= 11 is 0.938. The third kappa shape index (κ3) is 3.26. The molecule has 0 bridgehead atoms. The van der Waals surface area contributed by atoms with Crippen LogP contribution in [0.3, 0.4) is 0 Å². The molecule has 0 aliphatic rings. The molecule has 78 valence electrons. The smallest absolute Gasteiger partial charge is 0.415 e. The van der Waals surface area contributed by atoms with E-state index in [4.69, 9.17) is 0 Å². The van der Waals surface area contributed by atoms with Crippen molar-refractivity contribution in [2.24, 2.45) is 0 Å². The van der Waals surface area contributed by atoms with Gasteiger partial charge in [-0.2, -0.15) is 0 Å². The fraction of sp³-hybridized carbons (Fsp3) is 0. The summed E-state index contributed by atoms with van der Waals surface area (Å²) in [7, 11) is -3.65. The van der Waals surface area contributed by atoms with Crippen LogP contribution in [0.1, 0.15) is 0 Å². The van der Waals surface area contributed by atoms with Gasteiger partial charge in [-0.05, 0) is 23.7 Å². The monoisotopic (exact) mass is 263 g/mol. The van der Waals surface area contributed by atoms with Crippen LogP contribution >= 0.6 is 11.5 Å². The third-order valence-corrected chi connectivity index (χ3v) is 3.55. The van der Waals surface area contributed by atoms with E-state index in [0.29, 0.717) is 0 Å². The molecule has 0 fully saturated rings. The summed E-state index contributed by atoms with van der Waals surface area (Å²) in [4.78, 5) is 3.84. The summed E-state index contributed by atoms with van der Waals surface area (Å²) < 4.78 is 30.6. The molecular weight excluding hydrogens is 257 g/mol. The average Bonchev–Trinajstić information content (AvgIpc) is 2.71. The molecule has 0 saturated carbocycles. The van der Waals surface area contributed by atoms with Crippen LogP contribution in [-0.4, -0.2) is 17.8 Å². The Bertz CT molecular complexity index is 528. The minimum atomic E-state index is -3.65. The van der Waals surface area contributed by atoms with Gasteiger partial charge >= 0.3 is 29.6 Å². The van der Waals surface area contributed by atoms with Gasteiger partial charge < -0.3 is 9.71 Å². The van der Waals surface area contributed by atoms with Gasteiger partial charge in [-0.3, -0.25) is 0 Å². The molecule has 0 saturated heterocycles. The topological polar surface area (TPSA) is 74.0 Å². The molecule has 0 radical (unpaired) electrons. The minimum Gasteiger partial charge on any atom is -0.415 e. The van der Waals surface area contributed by atoms with E-state index in [2.05, 4.69) is 14.1 Å². The maximum atomic E-state index is 11.7. The Hall–Kier alpha value is -0.470. The van der Waals surface area contributed by atoms with Crippen molar-refractivity contribution in [3.63, 3.8) is 0 Å². The minimum absolute atomic E-state index is 0. The van der Waals surface area contributed by atoms with E-state index in [0.717, 1.165) is 11.5 Å². The van der Waals surface area contributed by atoms with Crippen molar-refractivity contribution in [2.45, 2.75) is 4.90 Å². The van der Waals surface area contributed by atoms with Gasteiger partial charge in [-0.15, -0.1) is 0 Å². The predicted molar refractivity (Wildman–Crippen MR) is 56.6 cm³/mol. The first kappa shape index (κ1) is 13.6. The van der Waals surface area contributed by atoms with Gasteiger partial charge in [-0.25, -0.2) is 12.8 Å². The normalized spacial score (nSPS) is 10.5. The molecule has 0 N–H and O–H groups in total. The summed E-state index contributed by atoms with van der Waals surface area (Å²) in [6, 6.07) is 7.99. The van der Waals surface area contributed by atoms with Gasteiger partial charge in [0.2, 0.25) is 10.0 Å². The van der Waals surface area contributed by atoms with Gasteiger partial charge in [0.25, 0.3) is 0 Å². The van der Waals surface area contributed by atoms with Crippen molar-refractivity contribution in [2.75, 3.05) is 0 Å². The summed E-state index contributed by atoms with van der Waals surface area (Å²) in [6.07, 6.45) is 1.27. The molecular formula is C8H6N3NaO2S2. The van der Waals surface area contributed by atoms with Crippen molar-refractivity contribution in [1.82, 2.24) is 9.36 Å². The number of benzene rings is 1. The van der Waals surface area contributed by atoms with E-state index in [1.54, 1.807) is 18.2 Å². The van der Waals surface area contributed by atoms with E-state index in [-0.39, 0.29) is 39.6 Å². The van der Waals surface area contributed by atoms with E-state index >= 15 is 0 Å². The van der Waals surface area contributed by atoms with E-state index in [9.17, 15) is 8.42 Å². The molecule has 0 unspecified atom stereocenters. The van der Waals surface area contributed by atoms with Crippen molar-refractivity contribution in [3.05, 3.63) is 41.4 Å². The Balaban J connectivity index is 0.00000128. The fourth-order valence-electron chi connectivity index (χ4n) is 0.955. The van der Waals surface area contributed by atoms with Gasteiger partial charge in [0.1, 0.15) is 0 Å². The van der Waals surface area contributed by atoms with Crippen LogP contribution in [-0.2, 0) is 10.0 Å². The van der Waals surface area contributed by atoms with Gasteiger partial charge in [0.15, 0.2) is 0 Å². The van der Waals surface area contributed by atoms with Gasteiger partial charge in [-0.1, -0.05) is 18.2 Å². The average molecular weight is 263 g/mol. The van der Waals surface area contributed by atoms with Crippen LogP contribution in [0.4, 0.5) is 5.13 Å². The van der Waals surface area contributed by atoms with Crippen LogP contribution in [0.25, 0.3) is 4.72 Å². The zero-order valence-corrected chi connectivity index (χ0v) is 12.1. The quantitative estimate of drug-likeness (QED) is 0.661. The molecule has 16 heavy (non-hydrogen) atoms. The maximum absolute atomic E-state index is 11.7. The van der Waals surface area contributed by atoms with E-state index in [1.165, 1.54) is 18.5 Å². The Morgan fingerprint density at radius 1 is 1.19 bits per heavy atom. The van der Waals surface area contributed by atoms with E-state index < -0.39 is 10.0 Å². The molecule has 0 atom stereocenters. The molecule has 2 aromatic rings. The summed E-state index contributed by atoms with van der Waals surface area (Å²) in [5.41, 5.74) is 0. The molecule has 0 spiro atoms. The van der Waals surface area contributed by atoms with E-state index in [1.807, 2.05) is 0 Å². The number of sulfonamides is 1. The molecule has 0 aliphatic carbocycles. The van der Waals surface area contributed by atoms with Crippen LogP contribution in [0.2, 0.25) is 0 Å². The molecule has 1 heterocycles. The van der Waals surface area contributed by atoms with Crippen molar-refractivity contribution in [1.29, 1.82) is 0 Å².